The molecule has 2 aromatic carbocycles. The van der Waals surface area contributed by atoms with E-state index in [2.05, 4.69) is 5.32 Å². The molecule has 2 rings (SSSR count). The van der Waals surface area contributed by atoms with Gasteiger partial charge in [0.25, 0.3) is 0 Å². The average Bonchev–Trinajstić information content (AvgIpc) is 2.65. The Hall–Kier alpha value is -2.90. The summed E-state index contributed by atoms with van der Waals surface area (Å²) in [5.74, 6) is -0.918. The number of hydrogen-bond donors (Lipinski definition) is 1. The molecule has 148 valence electrons. The number of hydrogen-bond acceptors (Lipinski definition) is 4. The van der Waals surface area contributed by atoms with E-state index in [1.807, 2.05) is 6.07 Å². The fourth-order valence-electron chi connectivity index (χ4n) is 2.43. The van der Waals surface area contributed by atoms with E-state index in [9.17, 15) is 26.4 Å². The van der Waals surface area contributed by atoms with Crippen molar-refractivity contribution >= 4 is 21.6 Å². The Morgan fingerprint density at radius 2 is 1.86 bits per heavy atom. The third-order valence-electron chi connectivity index (χ3n) is 3.78. The Labute approximate surface area is 160 Å². The normalized spacial score (nSPS) is 11.9. The van der Waals surface area contributed by atoms with Crippen LogP contribution in [0, 0.1) is 11.3 Å². The van der Waals surface area contributed by atoms with Crippen molar-refractivity contribution in [1.29, 1.82) is 5.26 Å². The molecule has 28 heavy (non-hydrogen) atoms. The minimum Gasteiger partial charge on any atom is -0.324 e. The lowest BCUT2D eigenvalue weighted by Gasteiger charge is -2.21. The molecule has 1 N–H and O–H groups in total. The van der Waals surface area contributed by atoms with Gasteiger partial charge in [-0.1, -0.05) is 25.1 Å². The molecule has 0 aliphatic heterocycles. The van der Waals surface area contributed by atoms with Gasteiger partial charge in [-0.2, -0.15) is 22.7 Å². The van der Waals surface area contributed by atoms with E-state index >= 15 is 0 Å². The van der Waals surface area contributed by atoms with Crippen molar-refractivity contribution < 1.29 is 26.4 Å². The minimum absolute atomic E-state index is 0.0898. The van der Waals surface area contributed by atoms with Crippen LogP contribution in [0.25, 0.3) is 0 Å². The van der Waals surface area contributed by atoms with Gasteiger partial charge < -0.3 is 5.32 Å². The largest absolute Gasteiger partial charge is 0.418 e. The van der Waals surface area contributed by atoms with Crippen LogP contribution in [0.4, 0.5) is 18.9 Å². The van der Waals surface area contributed by atoms with E-state index < -0.39 is 39.9 Å². The van der Waals surface area contributed by atoms with Crippen LogP contribution in [-0.2, 0) is 21.0 Å². The number of nitriles is 1. The molecule has 0 saturated heterocycles. The number of amides is 1. The third-order valence-corrected chi connectivity index (χ3v) is 5.70. The van der Waals surface area contributed by atoms with Gasteiger partial charge in [-0.25, -0.2) is 8.42 Å². The van der Waals surface area contributed by atoms with Crippen LogP contribution in [-0.4, -0.2) is 31.7 Å². The highest BCUT2D eigenvalue weighted by molar-refractivity contribution is 7.89. The van der Waals surface area contributed by atoms with Crippen LogP contribution in [0.5, 0.6) is 0 Å². The van der Waals surface area contributed by atoms with E-state index in [0.717, 1.165) is 22.5 Å². The van der Waals surface area contributed by atoms with Crippen LogP contribution in [0.3, 0.4) is 0 Å². The number of likely N-dealkylation sites (N-methyl/N-ethyl adjacent to an activating group) is 1. The zero-order valence-electron chi connectivity index (χ0n) is 14.7. The first-order valence-corrected chi connectivity index (χ1v) is 9.50. The number of carbonyl (C=O) groups excluding carboxylic acids is 1. The van der Waals surface area contributed by atoms with Crippen molar-refractivity contribution in [1.82, 2.24) is 4.31 Å². The molecule has 0 atom stereocenters. The summed E-state index contributed by atoms with van der Waals surface area (Å²) in [6.45, 7) is 0.720. The number of benzene rings is 2. The predicted octanol–water partition coefficient (Wildman–Crippen LogP) is 3.23. The molecule has 2 aromatic rings. The van der Waals surface area contributed by atoms with Crippen LogP contribution >= 0.6 is 0 Å². The van der Waals surface area contributed by atoms with Gasteiger partial charge in [0.1, 0.15) is 0 Å². The first-order valence-electron chi connectivity index (χ1n) is 8.06. The summed E-state index contributed by atoms with van der Waals surface area (Å²) in [7, 11) is -4.11. The van der Waals surface area contributed by atoms with Gasteiger partial charge in [0.15, 0.2) is 0 Å². The number of nitrogens with zero attached hydrogens (tertiary/aromatic N) is 2. The van der Waals surface area contributed by atoms with Gasteiger partial charge in [0.2, 0.25) is 15.9 Å². The predicted molar refractivity (Wildman–Crippen MR) is 95.7 cm³/mol. The van der Waals surface area contributed by atoms with Crippen molar-refractivity contribution in [2.24, 2.45) is 0 Å². The Balaban J connectivity index is 2.24. The molecule has 0 aromatic heterocycles. The van der Waals surface area contributed by atoms with Crippen molar-refractivity contribution in [3.63, 3.8) is 0 Å². The fraction of sp³-hybridized carbons (Fsp3) is 0.222. The molecule has 0 heterocycles. The average molecular weight is 411 g/mol. The number of sulfonamides is 1. The second-order valence-corrected chi connectivity index (χ2v) is 7.60. The van der Waals surface area contributed by atoms with E-state index in [-0.39, 0.29) is 17.0 Å². The van der Waals surface area contributed by atoms with Gasteiger partial charge in [0, 0.05) is 6.54 Å². The number of nitrogens with one attached hydrogen (secondary N) is 1. The summed E-state index contributed by atoms with van der Waals surface area (Å²) >= 11 is 0. The molecule has 0 unspecified atom stereocenters. The maximum Gasteiger partial charge on any atom is 0.418 e. The first-order chi connectivity index (χ1) is 13.1. The number of para-hydroxylation sites is 1. The molecular weight excluding hydrogens is 395 g/mol. The Morgan fingerprint density at radius 1 is 1.18 bits per heavy atom. The zero-order chi connectivity index (χ0) is 20.9. The second kappa shape index (κ2) is 8.41. The summed E-state index contributed by atoms with van der Waals surface area (Å²) in [6.07, 6.45) is -4.67. The van der Waals surface area contributed by atoms with Gasteiger partial charge in [-0.15, -0.1) is 0 Å². The minimum atomic E-state index is -4.67. The lowest BCUT2D eigenvalue weighted by molar-refractivity contribution is -0.137. The van der Waals surface area contributed by atoms with Crippen LogP contribution in [0.2, 0.25) is 0 Å². The summed E-state index contributed by atoms with van der Waals surface area (Å²) < 4.78 is 65.3. The van der Waals surface area contributed by atoms with E-state index in [4.69, 9.17) is 5.26 Å². The van der Waals surface area contributed by atoms with Gasteiger partial charge in [-0.05, 0) is 30.3 Å². The molecular formula is C18H16F3N3O3S. The molecule has 0 saturated carbocycles. The Morgan fingerprint density at radius 3 is 2.46 bits per heavy atom. The van der Waals surface area contributed by atoms with Crippen LogP contribution in [0.15, 0.2) is 53.4 Å². The molecule has 6 nitrogen and oxygen atoms in total. The molecule has 1 amide bonds. The molecule has 0 bridgehead atoms. The van der Waals surface area contributed by atoms with Crippen molar-refractivity contribution in [3.8, 4) is 6.07 Å². The second-order valence-electron chi connectivity index (χ2n) is 5.66. The lowest BCUT2D eigenvalue weighted by atomic mass is 10.1. The number of alkyl halides is 3. The summed E-state index contributed by atoms with van der Waals surface area (Å²) in [5, 5.41) is 11.0. The summed E-state index contributed by atoms with van der Waals surface area (Å²) in [4.78, 5) is 12.0. The maximum absolute atomic E-state index is 13.0. The highest BCUT2D eigenvalue weighted by Gasteiger charge is 2.34. The van der Waals surface area contributed by atoms with Crippen LogP contribution in [0.1, 0.15) is 18.1 Å². The maximum atomic E-state index is 13.0. The standard InChI is InChI=1S/C18H16F3N3O3S/c1-2-24(28(26,27)14-7-5-6-13(10-14)11-22)12-17(25)23-16-9-4-3-8-15(16)18(19,20)21/h3-10H,2,12H2,1H3,(H,23,25). The van der Waals surface area contributed by atoms with Crippen molar-refractivity contribution in [3.05, 3.63) is 59.7 Å². The molecule has 0 radical (unpaired) electrons. The van der Waals surface area contributed by atoms with Crippen LogP contribution < -0.4 is 5.32 Å². The van der Waals surface area contributed by atoms with E-state index in [0.29, 0.717) is 0 Å². The monoisotopic (exact) mass is 411 g/mol. The van der Waals surface area contributed by atoms with Crippen molar-refractivity contribution in [2.45, 2.75) is 18.0 Å². The molecule has 10 heteroatoms. The fourth-order valence-corrected chi connectivity index (χ4v) is 3.88. The van der Waals surface area contributed by atoms with Gasteiger partial charge >= 0.3 is 6.18 Å². The number of halogens is 3. The molecule has 0 aliphatic rings. The van der Waals surface area contributed by atoms with Gasteiger partial charge in [0.05, 0.1) is 34.3 Å². The number of anilines is 1. The van der Waals surface area contributed by atoms with E-state index in [1.165, 1.54) is 37.3 Å². The highest BCUT2D eigenvalue weighted by Crippen LogP contribution is 2.34. The number of rotatable bonds is 6. The topological polar surface area (TPSA) is 90.3 Å². The third kappa shape index (κ3) is 4.88. The lowest BCUT2D eigenvalue weighted by Crippen LogP contribution is -2.38. The highest BCUT2D eigenvalue weighted by atomic mass is 32.2. The zero-order valence-corrected chi connectivity index (χ0v) is 15.5. The number of carbonyl (C=O) groups is 1. The summed E-state index contributed by atoms with van der Waals surface area (Å²) in [5.41, 5.74) is -1.36. The van der Waals surface area contributed by atoms with Gasteiger partial charge in [-0.3, -0.25) is 4.79 Å². The quantitative estimate of drug-likeness (QED) is 0.790. The smallest absolute Gasteiger partial charge is 0.324 e. The molecule has 0 aliphatic carbocycles. The Kier molecular flexibility index (Phi) is 6.43. The van der Waals surface area contributed by atoms with Crippen molar-refractivity contribution in [2.75, 3.05) is 18.4 Å². The molecule has 0 fully saturated rings. The first kappa shape index (κ1) is 21.4. The molecule has 0 spiro atoms. The van der Waals surface area contributed by atoms with E-state index in [1.54, 1.807) is 0 Å². The Bertz CT molecular complexity index is 1010. The SMILES string of the molecule is CCN(CC(=O)Nc1ccccc1C(F)(F)F)S(=O)(=O)c1cccc(C#N)c1. The summed E-state index contributed by atoms with van der Waals surface area (Å²) in [6, 6.07) is 11.5.